The highest BCUT2D eigenvalue weighted by atomic mass is 32.1. The zero-order valence-electron chi connectivity index (χ0n) is 13.2. The summed E-state index contributed by atoms with van der Waals surface area (Å²) < 4.78 is 10.9. The Morgan fingerprint density at radius 1 is 1.43 bits per heavy atom. The quantitative estimate of drug-likeness (QED) is 0.842. The fraction of sp³-hybridized carbons (Fsp3) is 0.529. The number of hydrogen-bond acceptors (Lipinski definition) is 5. The number of nitrogens with zero attached hydrogens (tertiary/aromatic N) is 2. The van der Waals surface area contributed by atoms with E-state index < -0.39 is 0 Å². The Morgan fingerprint density at radius 3 is 2.96 bits per heavy atom. The lowest BCUT2D eigenvalue weighted by Gasteiger charge is -2.24. The van der Waals surface area contributed by atoms with Gasteiger partial charge in [0.25, 0.3) is 5.91 Å². The van der Waals surface area contributed by atoms with Crippen molar-refractivity contribution >= 4 is 17.2 Å². The highest BCUT2D eigenvalue weighted by Gasteiger charge is 2.36. The highest BCUT2D eigenvalue weighted by Crippen LogP contribution is 2.33. The number of furan rings is 1. The van der Waals surface area contributed by atoms with E-state index in [0.717, 1.165) is 54.7 Å². The molecule has 3 heterocycles. The number of thiazole rings is 1. The molecular weight excluding hydrogens is 312 g/mol. The van der Waals surface area contributed by atoms with E-state index in [2.05, 4.69) is 4.98 Å². The van der Waals surface area contributed by atoms with Gasteiger partial charge < -0.3 is 14.1 Å². The summed E-state index contributed by atoms with van der Waals surface area (Å²) >= 11 is 1.52. The summed E-state index contributed by atoms with van der Waals surface area (Å²) in [5.74, 6) is 1.24. The second-order valence-corrected chi connectivity index (χ2v) is 7.52. The zero-order valence-corrected chi connectivity index (χ0v) is 14.0. The molecule has 23 heavy (non-hydrogen) atoms. The molecule has 1 atom stereocenters. The van der Waals surface area contributed by atoms with Gasteiger partial charge in [0.2, 0.25) is 0 Å². The average Bonchev–Trinajstić information content (AvgIpc) is 3.00. The smallest absolute Gasteiger partial charge is 0.273 e. The lowest BCUT2D eigenvalue weighted by molar-refractivity contribution is 0.0700. The Kier molecular flexibility index (Phi) is 3.95. The summed E-state index contributed by atoms with van der Waals surface area (Å²) in [4.78, 5) is 20.6. The molecule has 1 saturated heterocycles. The topological polar surface area (TPSA) is 55.6 Å². The molecule has 2 aliphatic rings. The van der Waals surface area contributed by atoms with Gasteiger partial charge in [0.05, 0.1) is 12.9 Å². The van der Waals surface area contributed by atoms with Crippen LogP contribution in [0.1, 0.15) is 34.6 Å². The molecule has 1 aliphatic carbocycles. The minimum atomic E-state index is 0.0611. The van der Waals surface area contributed by atoms with E-state index >= 15 is 0 Å². The summed E-state index contributed by atoms with van der Waals surface area (Å²) in [5.41, 5.74) is 0.576. The van der Waals surface area contributed by atoms with Gasteiger partial charge in [-0.05, 0) is 38.3 Å². The van der Waals surface area contributed by atoms with Crippen LogP contribution >= 0.6 is 11.3 Å². The fourth-order valence-corrected chi connectivity index (χ4v) is 3.90. The predicted octanol–water partition coefficient (Wildman–Crippen LogP) is 3.35. The van der Waals surface area contributed by atoms with Crippen molar-refractivity contribution < 1.29 is 13.9 Å². The number of ether oxygens (including phenoxy) is 1. The van der Waals surface area contributed by atoms with Crippen molar-refractivity contribution in [1.29, 1.82) is 0 Å². The number of aryl methyl sites for hydroxylation is 1. The normalized spacial score (nSPS) is 20.8. The van der Waals surface area contributed by atoms with Crippen LogP contribution in [0.15, 0.2) is 22.8 Å². The molecule has 2 fully saturated rings. The molecule has 0 bridgehead atoms. The Hall–Kier alpha value is -1.66. The predicted molar refractivity (Wildman–Crippen MR) is 87.5 cm³/mol. The maximum Gasteiger partial charge on any atom is 0.273 e. The van der Waals surface area contributed by atoms with E-state index in [9.17, 15) is 4.79 Å². The molecule has 1 amide bonds. The van der Waals surface area contributed by atoms with Crippen LogP contribution in [0, 0.1) is 12.8 Å². The lowest BCUT2D eigenvalue weighted by atomic mass is 10.1. The van der Waals surface area contributed by atoms with Crippen molar-refractivity contribution in [2.45, 2.75) is 32.2 Å². The third kappa shape index (κ3) is 3.05. The van der Waals surface area contributed by atoms with Crippen molar-refractivity contribution in [2.24, 2.45) is 5.92 Å². The van der Waals surface area contributed by atoms with Crippen LogP contribution in [-0.2, 0) is 4.74 Å². The first-order valence-corrected chi connectivity index (χ1v) is 8.94. The first-order valence-electron chi connectivity index (χ1n) is 8.12. The zero-order chi connectivity index (χ0) is 15.8. The third-order valence-corrected chi connectivity index (χ3v) is 5.44. The minimum Gasteiger partial charge on any atom is -0.462 e. The van der Waals surface area contributed by atoms with Gasteiger partial charge in [-0.2, -0.15) is 0 Å². The molecule has 1 saturated carbocycles. The summed E-state index contributed by atoms with van der Waals surface area (Å²) in [6.45, 7) is 4.33. The van der Waals surface area contributed by atoms with Gasteiger partial charge in [0.1, 0.15) is 5.69 Å². The molecule has 0 aromatic carbocycles. The molecule has 2 aromatic rings. The van der Waals surface area contributed by atoms with Gasteiger partial charge in [0.15, 0.2) is 10.8 Å². The molecule has 4 rings (SSSR count). The van der Waals surface area contributed by atoms with E-state index in [1.807, 2.05) is 24.0 Å². The molecule has 0 radical (unpaired) electrons. The van der Waals surface area contributed by atoms with Gasteiger partial charge in [0, 0.05) is 30.0 Å². The van der Waals surface area contributed by atoms with Crippen molar-refractivity contribution in [2.75, 3.05) is 19.8 Å². The van der Waals surface area contributed by atoms with Crippen molar-refractivity contribution in [3.8, 4) is 10.8 Å². The van der Waals surface area contributed by atoms with Crippen LogP contribution in [0.3, 0.4) is 0 Å². The Labute approximate surface area is 139 Å². The van der Waals surface area contributed by atoms with E-state index in [1.54, 1.807) is 6.26 Å². The van der Waals surface area contributed by atoms with E-state index in [0.29, 0.717) is 17.7 Å². The van der Waals surface area contributed by atoms with Gasteiger partial charge in [-0.15, -0.1) is 11.3 Å². The van der Waals surface area contributed by atoms with E-state index in [1.165, 1.54) is 11.3 Å². The van der Waals surface area contributed by atoms with Gasteiger partial charge in [-0.25, -0.2) is 4.98 Å². The van der Waals surface area contributed by atoms with Crippen LogP contribution in [-0.4, -0.2) is 41.6 Å². The number of hydrogen-bond donors (Lipinski definition) is 0. The average molecular weight is 332 g/mol. The van der Waals surface area contributed by atoms with Gasteiger partial charge in [-0.1, -0.05) is 0 Å². The van der Waals surface area contributed by atoms with Gasteiger partial charge >= 0.3 is 0 Å². The summed E-state index contributed by atoms with van der Waals surface area (Å²) in [7, 11) is 0. The van der Waals surface area contributed by atoms with Crippen LogP contribution in [0.5, 0.6) is 0 Å². The minimum absolute atomic E-state index is 0.0611. The number of rotatable bonds is 5. The van der Waals surface area contributed by atoms with E-state index in [-0.39, 0.29) is 5.91 Å². The number of amides is 1. The summed E-state index contributed by atoms with van der Waals surface area (Å²) in [5, 5.41) is 0.774. The fourth-order valence-electron chi connectivity index (χ4n) is 3.03. The monoisotopic (exact) mass is 332 g/mol. The molecule has 0 N–H and O–H groups in total. The molecule has 1 aliphatic heterocycles. The molecule has 6 heteroatoms. The van der Waals surface area contributed by atoms with E-state index in [4.69, 9.17) is 9.15 Å². The number of carbonyl (C=O) groups is 1. The van der Waals surface area contributed by atoms with Gasteiger partial charge in [-0.3, -0.25) is 4.79 Å². The molecule has 0 unspecified atom stereocenters. The first-order chi connectivity index (χ1) is 11.2. The molecule has 0 spiro atoms. The maximum atomic E-state index is 13.0. The second kappa shape index (κ2) is 6.09. The number of carbonyl (C=O) groups excluding carboxylic acids is 1. The number of aromatic nitrogens is 1. The SMILES string of the molecule is Cc1sc(-c2ccco2)nc1C(=O)N(C[C@H]1CCOC1)C1CC1. The van der Waals surface area contributed by atoms with Crippen molar-refractivity contribution in [3.63, 3.8) is 0 Å². The maximum absolute atomic E-state index is 13.0. The second-order valence-electron chi connectivity index (χ2n) is 6.32. The van der Waals surface area contributed by atoms with Crippen LogP contribution in [0.4, 0.5) is 0 Å². The summed E-state index contributed by atoms with van der Waals surface area (Å²) in [6, 6.07) is 4.10. The third-order valence-electron chi connectivity index (χ3n) is 4.46. The Balaban J connectivity index is 1.56. The first kappa shape index (κ1) is 14.9. The highest BCUT2D eigenvalue weighted by molar-refractivity contribution is 7.15. The lowest BCUT2D eigenvalue weighted by Crippen LogP contribution is -2.38. The summed E-state index contributed by atoms with van der Waals surface area (Å²) in [6.07, 6.45) is 4.88. The molecule has 5 nitrogen and oxygen atoms in total. The van der Waals surface area contributed by atoms with Crippen LogP contribution in [0.25, 0.3) is 10.8 Å². The Morgan fingerprint density at radius 2 is 2.30 bits per heavy atom. The van der Waals surface area contributed by atoms with Crippen LogP contribution < -0.4 is 0 Å². The van der Waals surface area contributed by atoms with Crippen LogP contribution in [0.2, 0.25) is 0 Å². The van der Waals surface area contributed by atoms with Crippen molar-refractivity contribution in [3.05, 3.63) is 29.0 Å². The molecule has 2 aromatic heterocycles. The Bertz CT molecular complexity index is 685. The largest absolute Gasteiger partial charge is 0.462 e. The molecular formula is C17H20N2O3S. The molecule has 122 valence electrons. The standard InChI is InChI=1S/C17H20N2O3S/c1-11-15(18-16(23-11)14-3-2-7-22-14)17(20)19(13-4-5-13)9-12-6-8-21-10-12/h2-3,7,12-13H,4-6,8-10H2,1H3/t12-/m1/s1. The van der Waals surface area contributed by atoms with Crippen molar-refractivity contribution in [1.82, 2.24) is 9.88 Å².